The lowest BCUT2D eigenvalue weighted by molar-refractivity contribution is -0.196. The third-order valence-electron chi connectivity index (χ3n) is 1.45. The summed E-state index contributed by atoms with van der Waals surface area (Å²) in [6.07, 6.45) is 0. The highest BCUT2D eigenvalue weighted by Gasteiger charge is 2.26. The highest BCUT2D eigenvalue weighted by atomic mass is 16.7. The first-order chi connectivity index (χ1) is 5.01. The third-order valence-corrected chi connectivity index (χ3v) is 1.45. The van der Waals surface area contributed by atoms with E-state index in [4.69, 9.17) is 14.9 Å². The first-order valence-electron chi connectivity index (χ1n) is 3.40. The molecule has 0 radical (unpaired) electrons. The summed E-state index contributed by atoms with van der Waals surface area (Å²) < 4.78 is 10.2. The number of rotatable bonds is 0. The Labute approximate surface area is 65.0 Å². The predicted molar refractivity (Wildman–Crippen MR) is 38.7 cm³/mol. The Hall–Kier alpha value is -0.740. The molecular formula is C7H11NO3. The van der Waals surface area contributed by atoms with Crippen molar-refractivity contribution in [3.8, 4) is 0 Å². The van der Waals surface area contributed by atoms with Crippen molar-refractivity contribution >= 4 is 11.5 Å². The molecule has 1 saturated heterocycles. The molecule has 0 bridgehead atoms. The minimum absolute atomic E-state index is 0.0180. The van der Waals surface area contributed by atoms with Crippen LogP contribution in [0.1, 0.15) is 13.8 Å². The van der Waals surface area contributed by atoms with E-state index in [-0.39, 0.29) is 24.7 Å². The molecule has 0 saturated carbocycles. The summed E-state index contributed by atoms with van der Waals surface area (Å²) in [5.41, 5.74) is -0.0180. The van der Waals surface area contributed by atoms with E-state index in [0.29, 0.717) is 0 Å². The molecule has 4 heteroatoms. The largest absolute Gasteiger partial charge is 0.344 e. The molecule has 11 heavy (non-hydrogen) atoms. The minimum atomic E-state index is -0.738. The molecule has 0 spiro atoms. The van der Waals surface area contributed by atoms with Gasteiger partial charge in [-0.15, -0.1) is 0 Å². The number of carbonyl (C=O) groups is 1. The summed E-state index contributed by atoms with van der Waals surface area (Å²) >= 11 is 0. The third kappa shape index (κ3) is 2.10. The van der Waals surface area contributed by atoms with Crippen LogP contribution in [-0.4, -0.2) is 30.5 Å². The lowest BCUT2D eigenvalue weighted by Gasteiger charge is -2.21. The van der Waals surface area contributed by atoms with Crippen molar-refractivity contribution in [3.63, 3.8) is 0 Å². The second-order valence-electron chi connectivity index (χ2n) is 2.88. The Balaban J connectivity index is 2.66. The highest BCUT2D eigenvalue weighted by molar-refractivity contribution is 6.39. The zero-order valence-corrected chi connectivity index (χ0v) is 6.64. The Bertz CT molecular complexity index is 178. The van der Waals surface area contributed by atoms with Crippen LogP contribution in [0.5, 0.6) is 0 Å². The van der Waals surface area contributed by atoms with Gasteiger partial charge in [-0.25, -0.2) is 0 Å². The average Bonchev–Trinajstić information content (AvgIpc) is 2.03. The van der Waals surface area contributed by atoms with Gasteiger partial charge in [0.2, 0.25) is 5.78 Å². The first-order valence-corrected chi connectivity index (χ1v) is 3.40. The van der Waals surface area contributed by atoms with Crippen molar-refractivity contribution in [2.75, 3.05) is 13.2 Å². The van der Waals surface area contributed by atoms with E-state index < -0.39 is 5.79 Å². The van der Waals surface area contributed by atoms with Gasteiger partial charge >= 0.3 is 0 Å². The summed E-state index contributed by atoms with van der Waals surface area (Å²) in [6.45, 7) is 3.44. The summed E-state index contributed by atoms with van der Waals surface area (Å²) in [4.78, 5) is 10.9. The van der Waals surface area contributed by atoms with Crippen molar-refractivity contribution in [2.24, 2.45) is 0 Å². The van der Waals surface area contributed by atoms with E-state index in [1.165, 1.54) is 0 Å². The van der Waals surface area contributed by atoms with Crippen molar-refractivity contribution in [1.29, 1.82) is 5.41 Å². The Kier molecular flexibility index (Phi) is 2.06. The topological polar surface area (TPSA) is 59.4 Å². The van der Waals surface area contributed by atoms with Crippen LogP contribution in [-0.2, 0) is 14.3 Å². The van der Waals surface area contributed by atoms with Gasteiger partial charge in [-0.1, -0.05) is 0 Å². The molecule has 0 amide bonds. The van der Waals surface area contributed by atoms with E-state index in [2.05, 4.69) is 0 Å². The maximum absolute atomic E-state index is 10.9. The summed E-state index contributed by atoms with van der Waals surface area (Å²) in [6, 6.07) is 0. The SMILES string of the molecule is CC1(C)OCC(=N)C(=O)CO1. The van der Waals surface area contributed by atoms with Gasteiger partial charge in [0.1, 0.15) is 12.3 Å². The molecule has 1 heterocycles. The molecule has 4 nitrogen and oxygen atoms in total. The van der Waals surface area contributed by atoms with Crippen molar-refractivity contribution < 1.29 is 14.3 Å². The fraction of sp³-hybridized carbons (Fsp3) is 0.714. The normalized spacial score (nSPS) is 24.9. The average molecular weight is 157 g/mol. The second-order valence-corrected chi connectivity index (χ2v) is 2.88. The fourth-order valence-electron chi connectivity index (χ4n) is 0.695. The maximum atomic E-state index is 10.9. The summed E-state index contributed by atoms with van der Waals surface area (Å²) in [5.74, 6) is -1.03. The molecular weight excluding hydrogens is 146 g/mol. The van der Waals surface area contributed by atoms with Gasteiger partial charge in [0.05, 0.1) is 6.61 Å². The van der Waals surface area contributed by atoms with Gasteiger partial charge in [0.25, 0.3) is 0 Å². The molecule has 1 aliphatic heterocycles. The smallest absolute Gasteiger partial charge is 0.204 e. The van der Waals surface area contributed by atoms with Crippen LogP contribution < -0.4 is 0 Å². The van der Waals surface area contributed by atoms with Crippen molar-refractivity contribution in [1.82, 2.24) is 0 Å². The van der Waals surface area contributed by atoms with Crippen LogP contribution in [0.3, 0.4) is 0 Å². The van der Waals surface area contributed by atoms with Gasteiger partial charge in [0.15, 0.2) is 5.79 Å². The highest BCUT2D eigenvalue weighted by Crippen LogP contribution is 2.13. The molecule has 1 fully saturated rings. The van der Waals surface area contributed by atoms with E-state index in [1.807, 2.05) is 0 Å². The monoisotopic (exact) mass is 157 g/mol. The minimum Gasteiger partial charge on any atom is -0.344 e. The number of hydrogen-bond acceptors (Lipinski definition) is 4. The number of ketones is 1. The van der Waals surface area contributed by atoms with Gasteiger partial charge in [-0.05, 0) is 13.8 Å². The van der Waals surface area contributed by atoms with Crippen molar-refractivity contribution in [3.05, 3.63) is 0 Å². The van der Waals surface area contributed by atoms with Crippen LogP contribution in [0.15, 0.2) is 0 Å². The standard InChI is InChI=1S/C7H11NO3/c1-7(2)10-3-5(8)6(9)4-11-7/h8H,3-4H2,1-2H3. The Morgan fingerprint density at radius 2 is 1.91 bits per heavy atom. The molecule has 1 N–H and O–H groups in total. The molecule has 0 aliphatic carbocycles. The second kappa shape index (κ2) is 2.71. The molecule has 1 rings (SSSR count). The molecule has 62 valence electrons. The number of ether oxygens (including phenoxy) is 2. The summed E-state index contributed by atoms with van der Waals surface area (Å²) in [5, 5.41) is 7.16. The zero-order chi connectivity index (χ0) is 8.48. The lowest BCUT2D eigenvalue weighted by Crippen LogP contribution is -2.27. The summed E-state index contributed by atoms with van der Waals surface area (Å²) in [7, 11) is 0. The molecule has 0 aromatic rings. The molecule has 0 unspecified atom stereocenters. The number of hydrogen-bond donors (Lipinski definition) is 1. The quantitative estimate of drug-likeness (QED) is 0.552. The first kappa shape index (κ1) is 8.36. The van der Waals surface area contributed by atoms with Crippen LogP contribution in [0.25, 0.3) is 0 Å². The van der Waals surface area contributed by atoms with Crippen molar-refractivity contribution in [2.45, 2.75) is 19.6 Å². The Morgan fingerprint density at radius 1 is 1.36 bits per heavy atom. The van der Waals surface area contributed by atoms with Crippen LogP contribution in [0.4, 0.5) is 0 Å². The van der Waals surface area contributed by atoms with E-state index in [9.17, 15) is 4.79 Å². The molecule has 0 aromatic heterocycles. The molecule has 0 atom stereocenters. The van der Waals surface area contributed by atoms with Crippen LogP contribution in [0.2, 0.25) is 0 Å². The van der Waals surface area contributed by atoms with E-state index in [0.717, 1.165) is 0 Å². The lowest BCUT2D eigenvalue weighted by atomic mass is 10.3. The number of nitrogens with one attached hydrogen (secondary N) is 1. The maximum Gasteiger partial charge on any atom is 0.204 e. The van der Waals surface area contributed by atoms with Gasteiger partial charge in [-0.3, -0.25) is 10.2 Å². The van der Waals surface area contributed by atoms with Gasteiger partial charge in [0, 0.05) is 0 Å². The molecule has 1 aliphatic rings. The van der Waals surface area contributed by atoms with Crippen LogP contribution >= 0.6 is 0 Å². The number of carbonyl (C=O) groups excluding carboxylic acids is 1. The van der Waals surface area contributed by atoms with Crippen LogP contribution in [0, 0.1) is 5.41 Å². The van der Waals surface area contributed by atoms with E-state index in [1.54, 1.807) is 13.8 Å². The van der Waals surface area contributed by atoms with E-state index >= 15 is 0 Å². The fourth-order valence-corrected chi connectivity index (χ4v) is 0.695. The van der Waals surface area contributed by atoms with Gasteiger partial charge < -0.3 is 9.47 Å². The van der Waals surface area contributed by atoms with Gasteiger partial charge in [-0.2, -0.15) is 0 Å². The Morgan fingerprint density at radius 3 is 2.55 bits per heavy atom. The zero-order valence-electron chi connectivity index (χ0n) is 6.64. The number of Topliss-reactive ketones (excluding diaryl/α,β-unsaturated/α-hetero) is 1. The predicted octanol–water partition coefficient (Wildman–Crippen LogP) is 0.358. The molecule has 0 aromatic carbocycles.